The van der Waals surface area contributed by atoms with Crippen molar-refractivity contribution in [3.8, 4) is 5.75 Å². The first-order valence-corrected chi connectivity index (χ1v) is 15.8. The van der Waals surface area contributed by atoms with Crippen LogP contribution < -0.4 is 4.74 Å². The van der Waals surface area contributed by atoms with Gasteiger partial charge in [0.25, 0.3) is 0 Å². The first kappa shape index (κ1) is 28.6. The van der Waals surface area contributed by atoms with Gasteiger partial charge in [-0.25, -0.2) is 8.42 Å². The zero-order valence-corrected chi connectivity index (χ0v) is 24.4. The molecule has 0 radical (unpaired) electrons. The Morgan fingerprint density at radius 1 is 0.925 bits per heavy atom. The van der Waals surface area contributed by atoms with Gasteiger partial charge in [-0.1, -0.05) is 72.3 Å². The van der Waals surface area contributed by atoms with Gasteiger partial charge in [-0.2, -0.15) is 4.31 Å². The molecule has 5 rings (SSSR count). The van der Waals surface area contributed by atoms with Gasteiger partial charge in [-0.3, -0.25) is 9.69 Å². The van der Waals surface area contributed by atoms with Crippen LogP contribution in [0.5, 0.6) is 5.75 Å². The first-order chi connectivity index (χ1) is 19.4. The van der Waals surface area contributed by atoms with E-state index in [4.69, 9.17) is 16.3 Å². The third-order valence-corrected chi connectivity index (χ3v) is 9.95. The van der Waals surface area contributed by atoms with Gasteiger partial charge in [-0.15, -0.1) is 0 Å². The molecule has 3 aromatic rings. The smallest absolute Gasteiger partial charge is 0.243 e. The van der Waals surface area contributed by atoms with Gasteiger partial charge in [0.05, 0.1) is 28.5 Å². The van der Waals surface area contributed by atoms with Crippen molar-refractivity contribution in [2.75, 3.05) is 45.9 Å². The normalized spacial score (nSPS) is 19.1. The number of piperazine rings is 1. The molecule has 0 spiro atoms. The lowest BCUT2D eigenvalue weighted by Crippen LogP contribution is -2.53. The van der Waals surface area contributed by atoms with Crippen LogP contribution in [0.4, 0.5) is 0 Å². The summed E-state index contributed by atoms with van der Waals surface area (Å²) in [6.07, 6.45) is 1.33. The molecule has 7 nitrogen and oxygen atoms in total. The maximum absolute atomic E-state index is 13.6. The number of ether oxygens (including phenoxy) is 1. The number of hydrogen-bond acceptors (Lipinski definition) is 5. The minimum absolute atomic E-state index is 0.0419. The molecule has 0 saturated carbocycles. The van der Waals surface area contributed by atoms with E-state index >= 15 is 0 Å². The summed E-state index contributed by atoms with van der Waals surface area (Å²) in [7, 11) is -3.78. The summed E-state index contributed by atoms with van der Waals surface area (Å²) in [5, 5.41) is 0.259. The minimum atomic E-state index is -3.78. The van der Waals surface area contributed by atoms with Crippen molar-refractivity contribution in [2.45, 2.75) is 30.7 Å². The van der Waals surface area contributed by atoms with Crippen LogP contribution in [0.25, 0.3) is 0 Å². The van der Waals surface area contributed by atoms with E-state index in [1.54, 1.807) is 6.07 Å². The lowest BCUT2D eigenvalue weighted by atomic mass is 9.95. The second kappa shape index (κ2) is 12.7. The molecular formula is C31H36ClN3O4S. The second-order valence-corrected chi connectivity index (χ2v) is 12.7. The van der Waals surface area contributed by atoms with Crippen molar-refractivity contribution < 1.29 is 17.9 Å². The Labute approximate surface area is 242 Å². The van der Waals surface area contributed by atoms with E-state index in [2.05, 4.69) is 53.4 Å². The number of carbonyl (C=O) groups is 1. The molecular weight excluding hydrogens is 546 g/mol. The fourth-order valence-electron chi connectivity index (χ4n) is 5.77. The molecule has 0 bridgehead atoms. The Morgan fingerprint density at radius 2 is 1.55 bits per heavy atom. The topological polar surface area (TPSA) is 70.2 Å². The highest BCUT2D eigenvalue weighted by Gasteiger charge is 2.37. The van der Waals surface area contributed by atoms with Crippen LogP contribution in [0.15, 0.2) is 83.8 Å². The van der Waals surface area contributed by atoms with Crippen LogP contribution >= 0.6 is 11.6 Å². The predicted molar refractivity (Wildman–Crippen MR) is 157 cm³/mol. The summed E-state index contributed by atoms with van der Waals surface area (Å²) in [5.41, 5.74) is 2.46. The van der Waals surface area contributed by atoms with Gasteiger partial charge in [0, 0.05) is 39.3 Å². The number of nitrogens with zero attached hydrogens (tertiary/aromatic N) is 3. The average Bonchev–Trinajstić information content (AvgIpc) is 2.99. The van der Waals surface area contributed by atoms with E-state index in [1.807, 2.05) is 24.0 Å². The van der Waals surface area contributed by atoms with Crippen molar-refractivity contribution in [2.24, 2.45) is 5.92 Å². The summed E-state index contributed by atoms with van der Waals surface area (Å²) in [5.74, 6) is 0.142. The van der Waals surface area contributed by atoms with Gasteiger partial charge < -0.3 is 9.64 Å². The molecule has 1 amide bonds. The molecule has 0 unspecified atom stereocenters. The van der Waals surface area contributed by atoms with E-state index in [9.17, 15) is 13.2 Å². The summed E-state index contributed by atoms with van der Waals surface area (Å²) < 4.78 is 33.7. The zero-order valence-electron chi connectivity index (χ0n) is 22.8. The lowest BCUT2D eigenvalue weighted by molar-refractivity contribution is -0.138. The zero-order chi connectivity index (χ0) is 28.1. The summed E-state index contributed by atoms with van der Waals surface area (Å²) in [4.78, 5) is 18.1. The molecule has 2 heterocycles. The van der Waals surface area contributed by atoms with Crippen LogP contribution in [-0.2, 0) is 14.8 Å². The molecule has 0 aromatic heterocycles. The molecule has 0 N–H and O–H groups in total. The summed E-state index contributed by atoms with van der Waals surface area (Å²) in [6.45, 7) is 5.59. The van der Waals surface area contributed by atoms with Crippen molar-refractivity contribution in [3.63, 3.8) is 0 Å². The van der Waals surface area contributed by atoms with E-state index in [-0.39, 0.29) is 34.3 Å². The fraction of sp³-hybridized carbons (Fsp3) is 0.387. The maximum Gasteiger partial charge on any atom is 0.243 e. The van der Waals surface area contributed by atoms with Gasteiger partial charge in [0.15, 0.2) is 0 Å². The summed E-state index contributed by atoms with van der Waals surface area (Å²) in [6, 6.07) is 25.6. The standard InChI is InChI=1S/C31H36ClN3O4S/c1-2-39-29-16-15-27(22-28(29)32)40(37,38)35-17-9-14-26(23-35)31(36)34-20-18-33(19-21-34)30(24-10-5-3-6-11-24)25-12-7-4-8-13-25/h3-8,10-13,15-16,22,26,30H,2,9,14,17-21,23H2,1H3/t26-/m1/s1. The van der Waals surface area contributed by atoms with E-state index in [0.717, 1.165) is 13.1 Å². The molecule has 1 atom stereocenters. The average molecular weight is 582 g/mol. The fourth-order valence-corrected chi connectivity index (χ4v) is 7.62. The Kier molecular flexibility index (Phi) is 9.10. The molecule has 212 valence electrons. The maximum atomic E-state index is 13.6. The van der Waals surface area contributed by atoms with Crippen molar-refractivity contribution >= 4 is 27.5 Å². The van der Waals surface area contributed by atoms with Gasteiger partial charge in [0.2, 0.25) is 15.9 Å². The molecule has 0 aliphatic carbocycles. The largest absolute Gasteiger partial charge is 0.492 e. The van der Waals surface area contributed by atoms with Crippen LogP contribution in [0.1, 0.15) is 36.9 Å². The SMILES string of the molecule is CCOc1ccc(S(=O)(=O)N2CCC[C@@H](C(=O)N3CCN(C(c4ccccc4)c4ccccc4)CC3)C2)cc1Cl. The number of rotatable bonds is 8. The van der Waals surface area contributed by atoms with Gasteiger partial charge in [0.1, 0.15) is 5.75 Å². The molecule has 3 aromatic carbocycles. The Bertz CT molecular complexity index is 1360. The van der Waals surface area contributed by atoms with Gasteiger partial charge >= 0.3 is 0 Å². The third-order valence-electron chi connectivity index (χ3n) is 7.80. The van der Waals surface area contributed by atoms with Crippen molar-refractivity contribution in [1.82, 2.24) is 14.1 Å². The lowest BCUT2D eigenvalue weighted by Gasteiger charge is -2.41. The van der Waals surface area contributed by atoms with Crippen LogP contribution in [0.2, 0.25) is 5.02 Å². The highest BCUT2D eigenvalue weighted by atomic mass is 35.5. The molecule has 40 heavy (non-hydrogen) atoms. The molecule has 2 aliphatic rings. The molecule has 2 aliphatic heterocycles. The van der Waals surface area contributed by atoms with E-state index < -0.39 is 10.0 Å². The molecule has 9 heteroatoms. The number of benzene rings is 3. The van der Waals surface area contributed by atoms with Crippen LogP contribution in [-0.4, -0.2) is 74.3 Å². The van der Waals surface area contributed by atoms with E-state index in [1.165, 1.54) is 27.6 Å². The highest BCUT2D eigenvalue weighted by molar-refractivity contribution is 7.89. The number of amides is 1. The van der Waals surface area contributed by atoms with Gasteiger partial charge in [-0.05, 0) is 49.1 Å². The predicted octanol–water partition coefficient (Wildman–Crippen LogP) is 5.07. The number of halogens is 1. The van der Waals surface area contributed by atoms with Crippen molar-refractivity contribution in [3.05, 3.63) is 95.0 Å². The number of sulfonamides is 1. The summed E-state index contributed by atoms with van der Waals surface area (Å²) >= 11 is 6.27. The molecule has 2 fully saturated rings. The third kappa shape index (κ3) is 6.20. The van der Waals surface area contributed by atoms with Crippen LogP contribution in [0, 0.1) is 5.92 Å². The quantitative estimate of drug-likeness (QED) is 0.371. The molecule has 2 saturated heterocycles. The monoisotopic (exact) mass is 581 g/mol. The Balaban J connectivity index is 1.24. The van der Waals surface area contributed by atoms with E-state index in [0.29, 0.717) is 44.8 Å². The number of piperidine rings is 1. The second-order valence-electron chi connectivity index (χ2n) is 10.3. The van der Waals surface area contributed by atoms with Crippen LogP contribution in [0.3, 0.4) is 0 Å². The first-order valence-electron chi connectivity index (χ1n) is 13.9. The number of hydrogen-bond donors (Lipinski definition) is 0. The minimum Gasteiger partial charge on any atom is -0.492 e. The highest BCUT2D eigenvalue weighted by Crippen LogP contribution is 2.32. The Hall–Kier alpha value is -2.91. The number of carbonyl (C=O) groups excluding carboxylic acids is 1. The van der Waals surface area contributed by atoms with Crippen molar-refractivity contribution in [1.29, 1.82) is 0 Å². The Morgan fingerprint density at radius 3 is 2.12 bits per heavy atom.